The lowest BCUT2D eigenvalue weighted by Gasteiger charge is -2.22. The van der Waals surface area contributed by atoms with E-state index < -0.39 is 36.5 Å². The van der Waals surface area contributed by atoms with Crippen molar-refractivity contribution in [1.82, 2.24) is 10.6 Å². The summed E-state index contributed by atoms with van der Waals surface area (Å²) in [7, 11) is 0. The van der Waals surface area contributed by atoms with Gasteiger partial charge in [-0.25, -0.2) is 4.79 Å². The quantitative estimate of drug-likeness (QED) is 0.288. The van der Waals surface area contributed by atoms with Crippen molar-refractivity contribution in [2.75, 3.05) is 13.2 Å². The van der Waals surface area contributed by atoms with E-state index in [1.165, 1.54) is 0 Å². The molecule has 2 aromatic rings. The molecule has 0 bridgehead atoms. The number of carbonyl (C=O) groups is 3. The van der Waals surface area contributed by atoms with E-state index in [-0.39, 0.29) is 30.6 Å². The Bertz CT molecular complexity index is 996. The molecule has 9 nitrogen and oxygen atoms in total. The zero-order valence-corrected chi connectivity index (χ0v) is 20.4. The molecular weight excluding hydrogens is 450 g/mol. The lowest BCUT2D eigenvalue weighted by atomic mass is 10.0. The second-order valence-corrected chi connectivity index (χ2v) is 8.70. The summed E-state index contributed by atoms with van der Waals surface area (Å²) in [5.41, 5.74) is 8.02. The average Bonchev–Trinajstić information content (AvgIpc) is 2.85. The molecule has 0 aromatic heterocycles. The second-order valence-electron chi connectivity index (χ2n) is 8.70. The minimum Gasteiger partial charge on any atom is -0.491 e. The Balaban J connectivity index is 2.31. The van der Waals surface area contributed by atoms with E-state index in [0.717, 1.165) is 11.1 Å². The van der Waals surface area contributed by atoms with Crippen molar-refractivity contribution in [3.05, 3.63) is 65.2 Å². The highest BCUT2D eigenvalue weighted by Crippen LogP contribution is 2.22. The van der Waals surface area contributed by atoms with Gasteiger partial charge in [-0.3, -0.25) is 9.59 Å². The third-order valence-corrected chi connectivity index (χ3v) is 5.69. The monoisotopic (exact) mass is 485 g/mol. The van der Waals surface area contributed by atoms with Gasteiger partial charge < -0.3 is 31.3 Å². The first-order chi connectivity index (χ1) is 16.7. The number of carboxylic acid groups (broad SMARTS) is 1. The van der Waals surface area contributed by atoms with Crippen molar-refractivity contribution in [3.63, 3.8) is 0 Å². The number of rotatable bonds is 13. The number of ether oxygens (including phenoxy) is 1. The summed E-state index contributed by atoms with van der Waals surface area (Å²) in [4.78, 5) is 37.6. The van der Waals surface area contributed by atoms with Gasteiger partial charge in [0.1, 0.15) is 24.4 Å². The molecule has 6 N–H and O–H groups in total. The largest absolute Gasteiger partial charge is 0.491 e. The predicted molar refractivity (Wildman–Crippen MR) is 132 cm³/mol. The van der Waals surface area contributed by atoms with Crippen LogP contribution < -0.4 is 21.1 Å². The van der Waals surface area contributed by atoms with Crippen molar-refractivity contribution in [3.8, 4) is 5.75 Å². The molecule has 0 spiro atoms. The number of aliphatic carboxylic acids is 1. The van der Waals surface area contributed by atoms with Crippen molar-refractivity contribution < 1.29 is 29.3 Å². The van der Waals surface area contributed by atoms with Gasteiger partial charge in [-0.15, -0.1) is 0 Å². The highest BCUT2D eigenvalue weighted by Gasteiger charge is 2.28. The maximum atomic E-state index is 13.3. The number of carboxylic acids is 1. The molecular formula is C26H35N3O6. The molecule has 0 saturated heterocycles. The average molecular weight is 486 g/mol. The van der Waals surface area contributed by atoms with Crippen LogP contribution in [0.15, 0.2) is 48.5 Å². The summed E-state index contributed by atoms with van der Waals surface area (Å²) in [6.45, 7) is 5.35. The van der Waals surface area contributed by atoms with Gasteiger partial charge >= 0.3 is 5.97 Å². The first kappa shape index (κ1) is 27.8. The van der Waals surface area contributed by atoms with Crippen LogP contribution in [0.1, 0.15) is 42.3 Å². The number of aryl methyl sites for hydroxylation is 1. The van der Waals surface area contributed by atoms with E-state index >= 15 is 0 Å². The Hall–Kier alpha value is -3.43. The van der Waals surface area contributed by atoms with Crippen molar-refractivity contribution >= 4 is 17.8 Å². The lowest BCUT2D eigenvalue weighted by Crippen LogP contribution is -2.53. The molecule has 0 unspecified atom stereocenters. The zero-order valence-electron chi connectivity index (χ0n) is 20.4. The minimum atomic E-state index is -1.49. The van der Waals surface area contributed by atoms with Crippen LogP contribution in [0.3, 0.4) is 0 Å². The number of amides is 2. The Kier molecular flexibility index (Phi) is 10.7. The van der Waals surface area contributed by atoms with Crippen LogP contribution >= 0.6 is 0 Å². The molecule has 3 atom stereocenters. The summed E-state index contributed by atoms with van der Waals surface area (Å²) in [5, 5.41) is 23.5. The first-order valence-electron chi connectivity index (χ1n) is 11.7. The number of aliphatic hydroxyl groups excluding tert-OH is 1. The van der Waals surface area contributed by atoms with Crippen LogP contribution in [0, 0.1) is 5.92 Å². The van der Waals surface area contributed by atoms with Crippen molar-refractivity contribution in [1.29, 1.82) is 0 Å². The lowest BCUT2D eigenvalue weighted by molar-refractivity contribution is -0.143. The van der Waals surface area contributed by atoms with Crippen molar-refractivity contribution in [2.24, 2.45) is 11.7 Å². The molecule has 190 valence electrons. The van der Waals surface area contributed by atoms with Gasteiger partial charge in [0.25, 0.3) is 5.91 Å². The Morgan fingerprint density at radius 3 is 2.26 bits per heavy atom. The fourth-order valence-corrected chi connectivity index (χ4v) is 3.23. The molecule has 9 heteroatoms. The number of hydrogen-bond acceptors (Lipinski definition) is 6. The van der Waals surface area contributed by atoms with E-state index in [1.807, 2.05) is 32.9 Å². The first-order valence-corrected chi connectivity index (χ1v) is 11.7. The van der Waals surface area contributed by atoms with Gasteiger partial charge in [0.15, 0.2) is 0 Å². The van der Waals surface area contributed by atoms with Crippen LogP contribution in [-0.2, 0) is 22.4 Å². The summed E-state index contributed by atoms with van der Waals surface area (Å²) >= 11 is 0. The number of nitrogens with two attached hydrogens (primary N) is 1. The van der Waals surface area contributed by atoms with E-state index in [1.54, 1.807) is 36.4 Å². The number of hydrogen-bond donors (Lipinski definition) is 5. The molecule has 2 aromatic carbocycles. The van der Waals surface area contributed by atoms with E-state index in [0.29, 0.717) is 12.2 Å². The molecule has 2 rings (SSSR count). The number of aliphatic hydroxyl groups is 1. The summed E-state index contributed by atoms with van der Waals surface area (Å²) in [6.07, 6.45) is 0.814. The van der Waals surface area contributed by atoms with E-state index in [2.05, 4.69) is 10.6 Å². The molecule has 0 fully saturated rings. The summed E-state index contributed by atoms with van der Waals surface area (Å²) in [6, 6.07) is 11.5. The smallest absolute Gasteiger partial charge is 0.328 e. The summed E-state index contributed by atoms with van der Waals surface area (Å²) < 4.78 is 5.86. The van der Waals surface area contributed by atoms with Crippen LogP contribution in [0.2, 0.25) is 0 Å². The fourth-order valence-electron chi connectivity index (χ4n) is 3.23. The number of benzene rings is 2. The second kappa shape index (κ2) is 13.5. The van der Waals surface area contributed by atoms with Crippen molar-refractivity contribution in [2.45, 2.75) is 51.7 Å². The topological polar surface area (TPSA) is 151 Å². The van der Waals surface area contributed by atoms with Gasteiger partial charge in [-0.2, -0.15) is 0 Å². The minimum absolute atomic E-state index is 0.123. The van der Waals surface area contributed by atoms with Gasteiger partial charge in [-0.05, 0) is 35.6 Å². The van der Waals surface area contributed by atoms with Gasteiger partial charge in [-0.1, -0.05) is 57.2 Å². The van der Waals surface area contributed by atoms with E-state index in [9.17, 15) is 24.6 Å². The molecule has 0 aliphatic rings. The normalized spacial score (nSPS) is 13.5. The third-order valence-electron chi connectivity index (χ3n) is 5.69. The predicted octanol–water partition coefficient (Wildman–Crippen LogP) is 1.51. The maximum Gasteiger partial charge on any atom is 0.328 e. The van der Waals surface area contributed by atoms with E-state index in [4.69, 9.17) is 10.5 Å². The molecule has 0 radical (unpaired) electrons. The SMILES string of the molecule is CCc1ccc(OC[C@@H](N)C(C)C)c(C(=O)N[C@@H](Cc2ccccc2)C(=O)N[C@@H](CO)C(=O)O)c1. The number of carbonyl (C=O) groups excluding carboxylic acids is 2. The standard InChI is InChI=1S/C26H35N3O6/c1-4-17-10-11-23(35-15-20(27)16(2)3)19(12-17)24(31)28-21(13-18-8-6-5-7-9-18)25(32)29-22(14-30)26(33)34/h5-12,16,20-22,30H,4,13-15,27H2,1-3H3,(H,28,31)(H,29,32)(H,33,34)/t20-,21+,22+/m1/s1. The van der Waals surface area contributed by atoms with Gasteiger partial charge in [0.05, 0.1) is 12.2 Å². The van der Waals surface area contributed by atoms with Crippen LogP contribution in [0.4, 0.5) is 0 Å². The van der Waals surface area contributed by atoms with Gasteiger partial charge in [0.2, 0.25) is 5.91 Å². The van der Waals surface area contributed by atoms with Gasteiger partial charge in [0, 0.05) is 12.5 Å². The Labute approximate surface area is 205 Å². The molecule has 0 heterocycles. The number of nitrogens with one attached hydrogen (secondary N) is 2. The van der Waals surface area contributed by atoms with Crippen LogP contribution in [0.25, 0.3) is 0 Å². The maximum absolute atomic E-state index is 13.3. The third kappa shape index (κ3) is 8.38. The molecule has 0 aliphatic carbocycles. The molecule has 2 amide bonds. The highest BCUT2D eigenvalue weighted by molar-refractivity contribution is 6.00. The fraction of sp³-hybridized carbons (Fsp3) is 0.423. The molecule has 0 saturated carbocycles. The zero-order chi connectivity index (χ0) is 26.0. The Morgan fingerprint density at radius 1 is 1.00 bits per heavy atom. The summed E-state index contributed by atoms with van der Waals surface area (Å²) in [5.74, 6) is -2.11. The Morgan fingerprint density at radius 2 is 1.69 bits per heavy atom. The molecule has 0 aliphatic heterocycles. The highest BCUT2D eigenvalue weighted by atomic mass is 16.5. The van der Waals surface area contributed by atoms with Crippen LogP contribution in [0.5, 0.6) is 5.75 Å². The van der Waals surface area contributed by atoms with Crippen LogP contribution in [-0.4, -0.2) is 59.3 Å². The molecule has 35 heavy (non-hydrogen) atoms.